The summed E-state index contributed by atoms with van der Waals surface area (Å²) >= 11 is 0. The Morgan fingerprint density at radius 3 is 2.56 bits per heavy atom. The molecule has 27 heavy (non-hydrogen) atoms. The van der Waals surface area contributed by atoms with Gasteiger partial charge >= 0.3 is 0 Å². The van der Waals surface area contributed by atoms with Crippen LogP contribution >= 0.6 is 0 Å². The van der Waals surface area contributed by atoms with Crippen molar-refractivity contribution >= 4 is 16.8 Å². The lowest BCUT2D eigenvalue weighted by Crippen LogP contribution is -2.30. The van der Waals surface area contributed by atoms with Gasteiger partial charge in [0.1, 0.15) is 11.3 Å². The zero-order chi connectivity index (χ0) is 19.6. The van der Waals surface area contributed by atoms with E-state index >= 15 is 0 Å². The van der Waals surface area contributed by atoms with Gasteiger partial charge in [-0.15, -0.1) is 0 Å². The number of aryl methyl sites for hydroxylation is 2. The van der Waals surface area contributed by atoms with E-state index in [2.05, 4.69) is 16.4 Å². The molecule has 0 saturated heterocycles. The minimum atomic E-state index is -0.428. The molecule has 1 atom stereocenters. The zero-order valence-electron chi connectivity index (χ0n) is 16.3. The quantitative estimate of drug-likeness (QED) is 0.685. The monoisotopic (exact) mass is 362 g/mol. The Morgan fingerprint density at radius 2 is 1.85 bits per heavy atom. The second-order valence-electron chi connectivity index (χ2n) is 7.54. The minimum Gasteiger partial charge on any atom is -0.505 e. The first-order valence-electron chi connectivity index (χ1n) is 9.30. The number of aromatic nitrogens is 1. The summed E-state index contributed by atoms with van der Waals surface area (Å²) < 4.78 is 0. The molecule has 4 nitrogen and oxygen atoms in total. The molecule has 3 rings (SSSR count). The van der Waals surface area contributed by atoms with Gasteiger partial charge in [-0.1, -0.05) is 55.8 Å². The number of nitrogens with one attached hydrogen (secondary N) is 1. The van der Waals surface area contributed by atoms with Gasteiger partial charge in [0.05, 0.1) is 6.04 Å². The number of phenolic OH excluding ortho intramolecular Hbond substituents is 1. The molecular weight excluding hydrogens is 336 g/mol. The van der Waals surface area contributed by atoms with E-state index in [0.717, 1.165) is 22.1 Å². The number of nitrogens with zero attached hydrogens (tertiary/aromatic N) is 1. The number of benzene rings is 2. The molecule has 1 amide bonds. The lowest BCUT2D eigenvalue weighted by molar-refractivity contribution is -0.122. The maximum absolute atomic E-state index is 12.6. The maximum Gasteiger partial charge on any atom is 0.221 e. The highest BCUT2D eigenvalue weighted by molar-refractivity contribution is 5.86. The Morgan fingerprint density at radius 1 is 1.11 bits per heavy atom. The molecule has 0 aliphatic heterocycles. The lowest BCUT2D eigenvalue weighted by Gasteiger charge is -2.23. The van der Waals surface area contributed by atoms with Crippen molar-refractivity contribution in [3.05, 3.63) is 70.9 Å². The standard InChI is InChI=1S/C23H26N2O2/c1-14(2)12-20(26)25-22(18-9-7-15(3)13-16(18)4)19-10-8-17-6-5-11-24-21(17)23(19)27/h5-11,13-14,22,27H,12H2,1-4H3,(H,25,26). The zero-order valence-corrected chi connectivity index (χ0v) is 16.3. The first kappa shape index (κ1) is 18.9. The molecule has 1 heterocycles. The highest BCUT2D eigenvalue weighted by Gasteiger charge is 2.23. The van der Waals surface area contributed by atoms with E-state index in [0.29, 0.717) is 17.5 Å². The largest absolute Gasteiger partial charge is 0.505 e. The number of carbonyl (C=O) groups is 1. The topological polar surface area (TPSA) is 62.2 Å². The van der Waals surface area contributed by atoms with Crippen LogP contribution in [0, 0.1) is 19.8 Å². The van der Waals surface area contributed by atoms with E-state index in [9.17, 15) is 9.90 Å². The molecule has 0 spiro atoms. The first-order valence-corrected chi connectivity index (χ1v) is 9.30. The fraction of sp³-hybridized carbons (Fsp3) is 0.304. The predicted molar refractivity (Wildman–Crippen MR) is 109 cm³/mol. The first-order chi connectivity index (χ1) is 12.9. The van der Waals surface area contributed by atoms with Crippen molar-refractivity contribution in [2.45, 2.75) is 40.2 Å². The number of hydrogen-bond donors (Lipinski definition) is 2. The summed E-state index contributed by atoms with van der Waals surface area (Å²) in [5, 5.41) is 14.9. The van der Waals surface area contributed by atoms with Gasteiger partial charge in [0, 0.05) is 23.6 Å². The maximum atomic E-state index is 12.6. The van der Waals surface area contributed by atoms with Crippen molar-refractivity contribution < 1.29 is 9.90 Å². The van der Waals surface area contributed by atoms with E-state index in [4.69, 9.17) is 0 Å². The number of fused-ring (bicyclic) bond motifs is 1. The van der Waals surface area contributed by atoms with E-state index in [1.165, 1.54) is 0 Å². The summed E-state index contributed by atoms with van der Waals surface area (Å²) in [5.41, 5.74) is 4.41. The highest BCUT2D eigenvalue weighted by Crippen LogP contribution is 2.35. The fourth-order valence-electron chi connectivity index (χ4n) is 3.44. The van der Waals surface area contributed by atoms with E-state index < -0.39 is 6.04 Å². The van der Waals surface area contributed by atoms with Gasteiger partial charge in [-0.25, -0.2) is 0 Å². The summed E-state index contributed by atoms with van der Waals surface area (Å²) in [6, 6.07) is 13.3. The molecule has 1 aromatic heterocycles. The van der Waals surface area contributed by atoms with Crippen LogP contribution in [0.2, 0.25) is 0 Å². The van der Waals surface area contributed by atoms with Crippen molar-refractivity contribution in [2.75, 3.05) is 0 Å². The van der Waals surface area contributed by atoms with Gasteiger partial charge in [-0.05, 0) is 37.0 Å². The van der Waals surface area contributed by atoms with E-state index in [1.54, 1.807) is 6.20 Å². The third-order valence-corrected chi connectivity index (χ3v) is 4.73. The molecule has 4 heteroatoms. The Bertz CT molecular complexity index is 979. The fourth-order valence-corrected chi connectivity index (χ4v) is 3.44. The molecule has 0 aliphatic rings. The Labute approximate surface area is 160 Å². The lowest BCUT2D eigenvalue weighted by atomic mass is 9.92. The van der Waals surface area contributed by atoms with Crippen LogP contribution in [0.3, 0.4) is 0 Å². The SMILES string of the molecule is Cc1ccc(C(NC(=O)CC(C)C)c2ccc3cccnc3c2O)c(C)c1. The second-order valence-corrected chi connectivity index (χ2v) is 7.54. The molecule has 140 valence electrons. The van der Waals surface area contributed by atoms with Crippen molar-refractivity contribution in [3.8, 4) is 5.75 Å². The van der Waals surface area contributed by atoms with Gasteiger partial charge in [-0.2, -0.15) is 0 Å². The number of pyridine rings is 1. The molecule has 0 bridgehead atoms. The minimum absolute atomic E-state index is 0.0320. The van der Waals surface area contributed by atoms with Gasteiger partial charge < -0.3 is 10.4 Å². The van der Waals surface area contributed by atoms with Gasteiger partial charge in [0.25, 0.3) is 0 Å². The third-order valence-electron chi connectivity index (χ3n) is 4.73. The molecular formula is C23H26N2O2. The normalized spacial score (nSPS) is 12.3. The van der Waals surface area contributed by atoms with Crippen molar-refractivity contribution in [1.82, 2.24) is 10.3 Å². The van der Waals surface area contributed by atoms with Crippen molar-refractivity contribution in [2.24, 2.45) is 5.92 Å². The van der Waals surface area contributed by atoms with Crippen LogP contribution in [0.5, 0.6) is 5.75 Å². The number of phenols is 1. The smallest absolute Gasteiger partial charge is 0.221 e. The van der Waals surface area contributed by atoms with Crippen LogP contribution in [0.4, 0.5) is 0 Å². The summed E-state index contributed by atoms with van der Waals surface area (Å²) in [5.74, 6) is 0.343. The van der Waals surface area contributed by atoms with Gasteiger partial charge in [-0.3, -0.25) is 9.78 Å². The molecule has 1 unspecified atom stereocenters. The molecule has 0 saturated carbocycles. The predicted octanol–water partition coefficient (Wildman–Crippen LogP) is 4.81. The molecule has 0 fully saturated rings. The number of hydrogen-bond acceptors (Lipinski definition) is 3. The third kappa shape index (κ3) is 4.11. The average Bonchev–Trinajstić information content (AvgIpc) is 2.60. The summed E-state index contributed by atoms with van der Waals surface area (Å²) in [7, 11) is 0. The molecule has 0 radical (unpaired) electrons. The highest BCUT2D eigenvalue weighted by atomic mass is 16.3. The summed E-state index contributed by atoms with van der Waals surface area (Å²) in [4.78, 5) is 16.9. The van der Waals surface area contributed by atoms with E-state index in [-0.39, 0.29) is 17.6 Å². The van der Waals surface area contributed by atoms with Crippen LogP contribution in [0.1, 0.15) is 48.6 Å². The Balaban J connectivity index is 2.12. The van der Waals surface area contributed by atoms with Crippen LogP contribution in [-0.4, -0.2) is 16.0 Å². The molecule has 0 aliphatic carbocycles. The number of rotatable bonds is 5. The van der Waals surface area contributed by atoms with Crippen molar-refractivity contribution in [3.63, 3.8) is 0 Å². The molecule has 2 N–H and O–H groups in total. The second kappa shape index (κ2) is 7.78. The number of amides is 1. The van der Waals surface area contributed by atoms with Crippen LogP contribution in [0.25, 0.3) is 10.9 Å². The Hall–Kier alpha value is -2.88. The van der Waals surface area contributed by atoms with Crippen LogP contribution in [-0.2, 0) is 4.79 Å². The summed E-state index contributed by atoms with van der Waals surface area (Å²) in [6.07, 6.45) is 2.10. The average molecular weight is 362 g/mol. The molecule has 2 aromatic carbocycles. The van der Waals surface area contributed by atoms with Gasteiger partial charge in [0.2, 0.25) is 5.91 Å². The molecule has 3 aromatic rings. The number of aromatic hydroxyl groups is 1. The Kier molecular flexibility index (Phi) is 5.45. The van der Waals surface area contributed by atoms with Crippen molar-refractivity contribution in [1.29, 1.82) is 0 Å². The summed E-state index contributed by atoms with van der Waals surface area (Å²) in [6.45, 7) is 8.10. The van der Waals surface area contributed by atoms with E-state index in [1.807, 2.05) is 64.1 Å². The van der Waals surface area contributed by atoms with Gasteiger partial charge in [0.15, 0.2) is 0 Å². The van der Waals surface area contributed by atoms with Crippen LogP contribution in [0.15, 0.2) is 48.7 Å². The van der Waals surface area contributed by atoms with Crippen LogP contribution < -0.4 is 5.32 Å². The number of carbonyl (C=O) groups excluding carboxylic acids is 1.